The van der Waals surface area contributed by atoms with Crippen molar-refractivity contribution in [3.05, 3.63) is 0 Å². The van der Waals surface area contributed by atoms with E-state index in [0.717, 1.165) is 51.6 Å². The summed E-state index contributed by atoms with van der Waals surface area (Å²) in [5.41, 5.74) is 0. The highest BCUT2D eigenvalue weighted by molar-refractivity contribution is 5.78. The first-order valence-electron chi connectivity index (χ1n) is 10.1. The molecule has 4 saturated heterocycles. The second-order valence-electron chi connectivity index (χ2n) is 8.58. The Hall–Kier alpha value is -0.690. The van der Waals surface area contributed by atoms with Crippen LogP contribution >= 0.6 is 0 Å². The van der Waals surface area contributed by atoms with Crippen LogP contribution in [-0.4, -0.2) is 75.1 Å². The van der Waals surface area contributed by atoms with Crippen LogP contribution in [0, 0.1) is 17.8 Å². The molecule has 1 amide bonds. The molecule has 25 heavy (non-hydrogen) atoms. The molecule has 6 atom stereocenters. The number of carbonyl (C=O) groups is 1. The predicted octanol–water partition coefficient (Wildman–Crippen LogP) is 0.550. The molecule has 6 heteroatoms. The summed E-state index contributed by atoms with van der Waals surface area (Å²) in [6, 6.07) is 0.0947. The van der Waals surface area contributed by atoms with E-state index in [0.29, 0.717) is 24.3 Å². The maximum absolute atomic E-state index is 13.0. The zero-order valence-corrected chi connectivity index (χ0v) is 15.0. The van der Waals surface area contributed by atoms with Crippen molar-refractivity contribution in [3.63, 3.8) is 0 Å². The van der Waals surface area contributed by atoms with Crippen molar-refractivity contribution in [1.29, 1.82) is 0 Å². The SMILES string of the molecule is O=C1CC(CCCO)CC2C3CCCN4CCCC(C34)C(C(O)O)N12. The molecule has 0 aromatic carbocycles. The number of carbonyl (C=O) groups excluding carboxylic acids is 1. The van der Waals surface area contributed by atoms with Gasteiger partial charge in [0.25, 0.3) is 0 Å². The third-order valence-electron chi connectivity index (χ3n) is 7.28. The van der Waals surface area contributed by atoms with Gasteiger partial charge < -0.3 is 20.2 Å². The minimum atomic E-state index is -1.45. The lowest BCUT2D eigenvalue weighted by Crippen LogP contribution is -2.72. The van der Waals surface area contributed by atoms with Crippen molar-refractivity contribution >= 4 is 5.91 Å². The van der Waals surface area contributed by atoms with Gasteiger partial charge in [0.15, 0.2) is 6.29 Å². The number of fused-ring (bicyclic) bond motifs is 2. The largest absolute Gasteiger partial charge is 0.396 e. The number of aliphatic hydroxyl groups is 3. The molecule has 6 unspecified atom stereocenters. The van der Waals surface area contributed by atoms with Gasteiger partial charge in [-0.05, 0) is 69.9 Å². The van der Waals surface area contributed by atoms with Crippen molar-refractivity contribution in [1.82, 2.24) is 9.80 Å². The van der Waals surface area contributed by atoms with Crippen LogP contribution in [0.5, 0.6) is 0 Å². The average Bonchev–Trinajstić information content (AvgIpc) is 2.61. The molecule has 6 nitrogen and oxygen atoms in total. The van der Waals surface area contributed by atoms with Crippen LogP contribution < -0.4 is 0 Å². The van der Waals surface area contributed by atoms with Gasteiger partial charge in [0.1, 0.15) is 0 Å². The molecule has 142 valence electrons. The van der Waals surface area contributed by atoms with Gasteiger partial charge in [-0.15, -0.1) is 0 Å². The first kappa shape index (κ1) is 17.7. The summed E-state index contributed by atoms with van der Waals surface area (Å²) in [6.07, 6.45) is 6.04. The third-order valence-corrected chi connectivity index (χ3v) is 7.28. The molecule has 0 aliphatic carbocycles. The van der Waals surface area contributed by atoms with E-state index in [9.17, 15) is 15.0 Å². The molecule has 0 aromatic heterocycles. The summed E-state index contributed by atoms with van der Waals surface area (Å²) < 4.78 is 0. The minimum absolute atomic E-state index is 0.0958. The Kier molecular flexibility index (Phi) is 5.06. The van der Waals surface area contributed by atoms with Gasteiger partial charge in [-0.1, -0.05) is 0 Å². The Labute approximate surface area is 149 Å². The fourth-order valence-electron chi connectivity index (χ4n) is 6.48. The fraction of sp³-hybridized carbons (Fsp3) is 0.947. The molecule has 0 spiro atoms. The standard InChI is InChI=1S/C19H32N2O4/c22-9-3-4-12-10-15-13-5-1-7-20-8-2-6-14(17(13)20)18(19(24)25)21(15)16(23)11-12/h12-15,17-19,22,24-25H,1-11H2. The molecular weight excluding hydrogens is 320 g/mol. The second kappa shape index (κ2) is 7.14. The highest BCUT2D eigenvalue weighted by Crippen LogP contribution is 2.49. The lowest BCUT2D eigenvalue weighted by Gasteiger charge is -2.62. The second-order valence-corrected chi connectivity index (χ2v) is 8.58. The molecule has 3 N–H and O–H groups in total. The molecular formula is C19H32N2O4. The van der Waals surface area contributed by atoms with Crippen LogP contribution in [0.3, 0.4) is 0 Å². The Bertz CT molecular complexity index is 498. The third kappa shape index (κ3) is 3.01. The van der Waals surface area contributed by atoms with Gasteiger partial charge in [0.05, 0.1) is 6.04 Å². The van der Waals surface area contributed by atoms with Crippen LogP contribution in [0.2, 0.25) is 0 Å². The summed E-state index contributed by atoms with van der Waals surface area (Å²) in [4.78, 5) is 17.4. The number of aliphatic hydroxyl groups excluding tert-OH is 2. The Morgan fingerprint density at radius 3 is 2.52 bits per heavy atom. The van der Waals surface area contributed by atoms with Gasteiger partial charge in [-0.2, -0.15) is 0 Å². The first-order chi connectivity index (χ1) is 12.1. The van der Waals surface area contributed by atoms with Crippen LogP contribution in [0.1, 0.15) is 51.4 Å². The van der Waals surface area contributed by atoms with Crippen LogP contribution in [-0.2, 0) is 4.79 Å². The molecule has 4 fully saturated rings. The van der Waals surface area contributed by atoms with E-state index in [1.54, 1.807) is 0 Å². The maximum Gasteiger partial charge on any atom is 0.223 e. The van der Waals surface area contributed by atoms with E-state index in [2.05, 4.69) is 4.90 Å². The summed E-state index contributed by atoms with van der Waals surface area (Å²) in [5.74, 6) is 1.08. The van der Waals surface area contributed by atoms with Gasteiger partial charge in [-0.3, -0.25) is 9.69 Å². The maximum atomic E-state index is 13.0. The highest BCUT2D eigenvalue weighted by atomic mass is 16.5. The molecule has 0 saturated carbocycles. The molecule has 4 heterocycles. The van der Waals surface area contributed by atoms with Crippen molar-refractivity contribution in [2.24, 2.45) is 17.8 Å². The van der Waals surface area contributed by atoms with Crippen LogP contribution in [0.25, 0.3) is 0 Å². The Balaban J connectivity index is 1.65. The van der Waals surface area contributed by atoms with E-state index in [4.69, 9.17) is 5.11 Å². The van der Waals surface area contributed by atoms with Crippen molar-refractivity contribution in [3.8, 4) is 0 Å². The van der Waals surface area contributed by atoms with Gasteiger partial charge in [0.2, 0.25) is 5.91 Å². The quantitative estimate of drug-likeness (QED) is 0.644. The number of piperidine rings is 4. The number of rotatable bonds is 4. The van der Waals surface area contributed by atoms with Crippen molar-refractivity contribution in [2.75, 3.05) is 19.7 Å². The normalized spacial score (nSPS) is 41.6. The molecule has 0 bridgehead atoms. The topological polar surface area (TPSA) is 84.2 Å². The molecule has 0 aromatic rings. The lowest BCUT2D eigenvalue weighted by atomic mass is 9.63. The molecule has 4 aliphatic heterocycles. The van der Waals surface area contributed by atoms with Crippen molar-refractivity contribution < 1.29 is 20.1 Å². The van der Waals surface area contributed by atoms with Crippen LogP contribution in [0.15, 0.2) is 0 Å². The van der Waals surface area contributed by atoms with E-state index in [1.807, 2.05) is 4.90 Å². The van der Waals surface area contributed by atoms with E-state index in [-0.39, 0.29) is 24.5 Å². The highest BCUT2D eigenvalue weighted by Gasteiger charge is 2.57. The molecule has 4 aliphatic rings. The van der Waals surface area contributed by atoms with Gasteiger partial charge in [-0.25, -0.2) is 0 Å². The van der Waals surface area contributed by atoms with Gasteiger partial charge in [0, 0.05) is 31.0 Å². The predicted molar refractivity (Wildman–Crippen MR) is 92.5 cm³/mol. The summed E-state index contributed by atoms with van der Waals surface area (Å²) in [6.45, 7) is 2.40. The van der Waals surface area contributed by atoms with E-state index in [1.165, 1.54) is 6.42 Å². The van der Waals surface area contributed by atoms with Crippen LogP contribution in [0.4, 0.5) is 0 Å². The number of amides is 1. The zero-order chi connectivity index (χ0) is 17.6. The Morgan fingerprint density at radius 2 is 1.84 bits per heavy atom. The van der Waals surface area contributed by atoms with E-state index < -0.39 is 12.3 Å². The molecule has 4 rings (SSSR count). The summed E-state index contributed by atoms with van der Waals surface area (Å²) in [5, 5.41) is 29.4. The first-order valence-corrected chi connectivity index (χ1v) is 10.1. The van der Waals surface area contributed by atoms with E-state index >= 15 is 0 Å². The molecule has 0 radical (unpaired) electrons. The monoisotopic (exact) mass is 352 g/mol. The summed E-state index contributed by atoms with van der Waals surface area (Å²) in [7, 11) is 0. The smallest absolute Gasteiger partial charge is 0.223 e. The lowest BCUT2D eigenvalue weighted by molar-refractivity contribution is -0.203. The fourth-order valence-corrected chi connectivity index (χ4v) is 6.48. The average molecular weight is 352 g/mol. The Morgan fingerprint density at radius 1 is 1.12 bits per heavy atom. The minimum Gasteiger partial charge on any atom is -0.396 e. The number of hydrogen-bond donors (Lipinski definition) is 3. The zero-order valence-electron chi connectivity index (χ0n) is 15.0. The van der Waals surface area contributed by atoms with Crippen molar-refractivity contribution in [2.45, 2.75) is 75.8 Å². The number of nitrogens with zero attached hydrogens (tertiary/aromatic N) is 2. The van der Waals surface area contributed by atoms with Gasteiger partial charge >= 0.3 is 0 Å². The number of hydrogen-bond acceptors (Lipinski definition) is 5. The summed E-state index contributed by atoms with van der Waals surface area (Å²) >= 11 is 0.